The molecule has 2 N–H and O–H groups in total. The van der Waals surface area contributed by atoms with Gasteiger partial charge < -0.3 is 15.2 Å². The highest BCUT2D eigenvalue weighted by molar-refractivity contribution is 5.94. The third-order valence-corrected chi connectivity index (χ3v) is 4.13. The summed E-state index contributed by atoms with van der Waals surface area (Å²) in [6, 6.07) is 2.11. The fourth-order valence-electron chi connectivity index (χ4n) is 2.84. The molecule has 5 nitrogen and oxygen atoms in total. The van der Waals surface area contributed by atoms with E-state index < -0.39 is 0 Å². The predicted octanol–water partition coefficient (Wildman–Crippen LogP) is 1.12. The fraction of sp³-hybridized carbons (Fsp3) is 0.600. The molecule has 2 aliphatic rings. The maximum Gasteiger partial charge on any atom is 0.259 e. The second-order valence-electron chi connectivity index (χ2n) is 5.76. The zero-order valence-corrected chi connectivity index (χ0v) is 11.6. The van der Waals surface area contributed by atoms with E-state index in [4.69, 9.17) is 0 Å². The lowest BCUT2D eigenvalue weighted by Crippen LogP contribution is -2.47. The smallest absolute Gasteiger partial charge is 0.259 e. The Hall–Kier alpha value is -1.62. The number of pyridine rings is 1. The van der Waals surface area contributed by atoms with Crippen LogP contribution in [0.3, 0.4) is 0 Å². The Morgan fingerprint density at radius 2 is 2.15 bits per heavy atom. The molecule has 0 bridgehead atoms. The summed E-state index contributed by atoms with van der Waals surface area (Å²) < 4.78 is 0. The van der Waals surface area contributed by atoms with Crippen LogP contribution >= 0.6 is 0 Å². The minimum absolute atomic E-state index is 0.123. The molecule has 1 saturated heterocycles. The summed E-state index contributed by atoms with van der Waals surface area (Å²) in [7, 11) is 0. The van der Waals surface area contributed by atoms with Crippen LogP contribution < -0.4 is 10.7 Å². The molecule has 2 heterocycles. The molecule has 1 amide bonds. The van der Waals surface area contributed by atoms with Gasteiger partial charge in [0.1, 0.15) is 5.56 Å². The predicted molar refractivity (Wildman–Crippen MR) is 76.8 cm³/mol. The molecule has 108 valence electrons. The number of carbonyl (C=O) groups excluding carboxylic acids is 1. The van der Waals surface area contributed by atoms with Crippen molar-refractivity contribution in [1.82, 2.24) is 15.2 Å². The van der Waals surface area contributed by atoms with Crippen molar-refractivity contribution in [3.8, 4) is 0 Å². The largest absolute Gasteiger partial charge is 0.367 e. The number of H-pyrrole nitrogens is 1. The van der Waals surface area contributed by atoms with E-state index in [2.05, 4.69) is 10.3 Å². The van der Waals surface area contributed by atoms with Gasteiger partial charge in [-0.15, -0.1) is 0 Å². The third-order valence-electron chi connectivity index (χ3n) is 4.13. The molecule has 1 saturated carbocycles. The third kappa shape index (κ3) is 2.93. The molecule has 1 aromatic heterocycles. The van der Waals surface area contributed by atoms with Gasteiger partial charge in [0, 0.05) is 37.1 Å². The number of rotatable bonds is 4. The average Bonchev–Trinajstić information content (AvgIpc) is 3.30. The molecule has 0 radical (unpaired) electrons. The van der Waals surface area contributed by atoms with E-state index in [1.807, 2.05) is 4.90 Å². The molecule has 20 heavy (non-hydrogen) atoms. The van der Waals surface area contributed by atoms with Crippen molar-refractivity contribution in [2.24, 2.45) is 0 Å². The molecular weight excluding hydrogens is 254 g/mol. The molecule has 1 aliphatic carbocycles. The van der Waals surface area contributed by atoms with E-state index in [0.717, 1.165) is 32.4 Å². The highest BCUT2D eigenvalue weighted by atomic mass is 16.2. The van der Waals surface area contributed by atoms with E-state index in [9.17, 15) is 9.59 Å². The average molecular weight is 275 g/mol. The number of amides is 1. The van der Waals surface area contributed by atoms with Gasteiger partial charge in [0.05, 0.1) is 0 Å². The first-order valence-electron chi connectivity index (χ1n) is 7.47. The number of piperidine rings is 1. The Morgan fingerprint density at radius 1 is 1.30 bits per heavy atom. The Bertz CT molecular complexity index is 530. The zero-order valence-electron chi connectivity index (χ0n) is 11.6. The Morgan fingerprint density at radius 3 is 2.80 bits per heavy atom. The number of hydrogen-bond acceptors (Lipinski definition) is 3. The van der Waals surface area contributed by atoms with Gasteiger partial charge in [-0.2, -0.15) is 0 Å². The van der Waals surface area contributed by atoms with Gasteiger partial charge in [-0.25, -0.2) is 0 Å². The summed E-state index contributed by atoms with van der Waals surface area (Å²) in [5.41, 5.74) is 0.0613. The topological polar surface area (TPSA) is 65.2 Å². The molecular formula is C15H21N3O2. The number of nitrogens with one attached hydrogen (secondary N) is 2. The molecule has 1 unspecified atom stereocenters. The Labute approximate surface area is 118 Å². The second kappa shape index (κ2) is 5.79. The quantitative estimate of drug-likeness (QED) is 0.865. The van der Waals surface area contributed by atoms with Gasteiger partial charge in [0.25, 0.3) is 5.91 Å². The maximum atomic E-state index is 12.6. The van der Waals surface area contributed by atoms with Gasteiger partial charge in [0.15, 0.2) is 5.43 Å². The van der Waals surface area contributed by atoms with Crippen molar-refractivity contribution in [3.63, 3.8) is 0 Å². The molecule has 1 aliphatic heterocycles. The SMILES string of the molecule is O=C(c1c[nH]ccc1=O)N(CC1CCCCN1)C1CC1. The van der Waals surface area contributed by atoms with Gasteiger partial charge in [-0.05, 0) is 32.2 Å². The lowest BCUT2D eigenvalue weighted by Gasteiger charge is -2.30. The zero-order chi connectivity index (χ0) is 13.9. The maximum absolute atomic E-state index is 12.6. The first kappa shape index (κ1) is 13.4. The van der Waals surface area contributed by atoms with Gasteiger partial charge in [0.2, 0.25) is 0 Å². The summed E-state index contributed by atoms with van der Waals surface area (Å²) >= 11 is 0. The van der Waals surface area contributed by atoms with Crippen LogP contribution in [-0.4, -0.2) is 41.0 Å². The van der Waals surface area contributed by atoms with Crippen molar-refractivity contribution < 1.29 is 4.79 Å². The number of carbonyl (C=O) groups is 1. The standard InChI is InChI=1S/C15H21N3O2/c19-14-6-8-16-9-13(14)15(20)18(12-4-5-12)10-11-3-1-2-7-17-11/h6,8-9,11-12,17H,1-5,7,10H2,(H,16,19). The van der Waals surface area contributed by atoms with Crippen LogP contribution in [0.25, 0.3) is 0 Å². The fourth-order valence-corrected chi connectivity index (χ4v) is 2.84. The molecule has 3 rings (SSSR count). The van der Waals surface area contributed by atoms with Crippen LogP contribution in [0, 0.1) is 0 Å². The highest BCUT2D eigenvalue weighted by Gasteiger charge is 2.35. The molecule has 5 heteroatoms. The van der Waals surface area contributed by atoms with E-state index in [1.165, 1.54) is 25.1 Å². The van der Waals surface area contributed by atoms with E-state index in [-0.39, 0.29) is 16.9 Å². The van der Waals surface area contributed by atoms with Crippen molar-refractivity contribution in [3.05, 3.63) is 34.2 Å². The van der Waals surface area contributed by atoms with Crippen LogP contribution in [0.1, 0.15) is 42.5 Å². The van der Waals surface area contributed by atoms with Crippen molar-refractivity contribution in [2.75, 3.05) is 13.1 Å². The van der Waals surface area contributed by atoms with Gasteiger partial charge in [-0.1, -0.05) is 6.42 Å². The van der Waals surface area contributed by atoms with Crippen molar-refractivity contribution in [2.45, 2.75) is 44.2 Å². The summed E-state index contributed by atoms with van der Waals surface area (Å²) in [4.78, 5) is 29.2. The van der Waals surface area contributed by atoms with Gasteiger partial charge >= 0.3 is 0 Å². The minimum Gasteiger partial charge on any atom is -0.367 e. The monoisotopic (exact) mass is 275 g/mol. The lowest BCUT2D eigenvalue weighted by atomic mass is 10.0. The summed E-state index contributed by atoms with van der Waals surface area (Å²) in [6.45, 7) is 1.75. The van der Waals surface area contributed by atoms with Crippen LogP contribution in [-0.2, 0) is 0 Å². The summed E-state index contributed by atoms with van der Waals surface area (Å²) in [6.07, 6.45) is 8.74. The molecule has 2 fully saturated rings. The lowest BCUT2D eigenvalue weighted by molar-refractivity contribution is 0.0716. The molecule has 1 atom stereocenters. The van der Waals surface area contributed by atoms with E-state index in [0.29, 0.717) is 12.1 Å². The van der Waals surface area contributed by atoms with Crippen molar-refractivity contribution >= 4 is 5.91 Å². The number of aromatic nitrogens is 1. The number of aromatic amines is 1. The number of hydrogen-bond donors (Lipinski definition) is 2. The van der Waals surface area contributed by atoms with Crippen LogP contribution in [0.5, 0.6) is 0 Å². The molecule has 0 spiro atoms. The first-order valence-corrected chi connectivity index (χ1v) is 7.47. The summed E-state index contributed by atoms with van der Waals surface area (Å²) in [5, 5.41) is 3.47. The Kier molecular flexibility index (Phi) is 3.87. The first-order chi connectivity index (χ1) is 9.75. The normalized spacial score (nSPS) is 22.5. The number of nitrogens with zero attached hydrogens (tertiary/aromatic N) is 1. The van der Waals surface area contributed by atoms with Crippen LogP contribution in [0.4, 0.5) is 0 Å². The highest BCUT2D eigenvalue weighted by Crippen LogP contribution is 2.28. The van der Waals surface area contributed by atoms with Crippen LogP contribution in [0.2, 0.25) is 0 Å². The molecule has 1 aromatic rings. The Balaban J connectivity index is 1.75. The van der Waals surface area contributed by atoms with E-state index >= 15 is 0 Å². The molecule has 0 aromatic carbocycles. The minimum atomic E-state index is -0.198. The van der Waals surface area contributed by atoms with Crippen molar-refractivity contribution in [1.29, 1.82) is 0 Å². The van der Waals surface area contributed by atoms with Gasteiger partial charge in [-0.3, -0.25) is 9.59 Å². The van der Waals surface area contributed by atoms with Crippen LogP contribution in [0.15, 0.2) is 23.3 Å². The summed E-state index contributed by atoms with van der Waals surface area (Å²) in [5.74, 6) is -0.123. The van der Waals surface area contributed by atoms with E-state index in [1.54, 1.807) is 6.20 Å². The second-order valence-corrected chi connectivity index (χ2v) is 5.76.